The summed E-state index contributed by atoms with van der Waals surface area (Å²) in [6, 6.07) is 21.3. The van der Waals surface area contributed by atoms with Crippen LogP contribution >= 0.6 is 29.6 Å². The van der Waals surface area contributed by atoms with Crippen LogP contribution in [-0.2, 0) is 19.1 Å². The second-order valence-corrected chi connectivity index (χ2v) is 6.52. The van der Waals surface area contributed by atoms with Crippen LogP contribution in [-0.4, -0.2) is 0 Å². The van der Waals surface area contributed by atoms with Crippen LogP contribution in [0, 0.1) is 0 Å². The van der Waals surface area contributed by atoms with E-state index in [1.807, 2.05) is 0 Å². The molecule has 2 rings (SSSR count). The molecular weight excluding hydrogens is 341 g/mol. The molecule has 19 heavy (non-hydrogen) atoms. The quantitative estimate of drug-likeness (QED) is 0.492. The predicted octanol–water partition coefficient (Wildman–Crippen LogP) is 5.61. The molecule has 0 bridgehead atoms. The zero-order valence-electron chi connectivity index (χ0n) is 10.4. The van der Waals surface area contributed by atoms with E-state index >= 15 is 0 Å². The second-order valence-electron chi connectivity index (χ2n) is 4.09. The van der Waals surface area contributed by atoms with E-state index in [1.54, 1.807) is 0 Å². The first-order valence-electron chi connectivity index (χ1n) is 5.94. The van der Waals surface area contributed by atoms with Crippen molar-refractivity contribution >= 4 is 29.6 Å². The molecule has 2 atom stereocenters. The van der Waals surface area contributed by atoms with Crippen LogP contribution < -0.4 is 0 Å². The molecule has 0 N–H and O–H groups in total. The van der Waals surface area contributed by atoms with E-state index in [1.165, 1.54) is 17.5 Å². The summed E-state index contributed by atoms with van der Waals surface area (Å²) >= 11 is 0.569. The van der Waals surface area contributed by atoms with E-state index < -0.39 is 0 Å². The first kappa shape index (κ1) is 17.0. The van der Waals surface area contributed by atoms with Crippen LogP contribution in [0.3, 0.4) is 0 Å². The molecule has 0 radical (unpaired) electrons. The van der Waals surface area contributed by atoms with E-state index in [2.05, 4.69) is 69.9 Å². The fraction of sp³-hybridized carbons (Fsp3) is 0.200. The monoisotopic (exact) mass is 356 g/mol. The Labute approximate surface area is 132 Å². The molecular formula is C15H17Cl2NiP. The summed E-state index contributed by atoms with van der Waals surface area (Å²) in [6.45, 7) is 0. The fourth-order valence-corrected chi connectivity index (χ4v) is 2.22. The summed E-state index contributed by atoms with van der Waals surface area (Å²) in [5, 5.41) is 0. The number of aryl methyl sites for hydroxylation is 1. The van der Waals surface area contributed by atoms with Gasteiger partial charge in [0.15, 0.2) is 0 Å². The van der Waals surface area contributed by atoms with Crippen molar-refractivity contribution in [3.8, 4) is 0 Å². The van der Waals surface area contributed by atoms with Gasteiger partial charge in [-0.15, -0.1) is 9.24 Å². The topological polar surface area (TPSA) is 0 Å². The van der Waals surface area contributed by atoms with E-state index in [0.29, 0.717) is 18.3 Å². The van der Waals surface area contributed by atoms with E-state index in [4.69, 9.17) is 20.4 Å². The molecule has 0 saturated carbocycles. The van der Waals surface area contributed by atoms with Crippen LogP contribution in [0.2, 0.25) is 0 Å². The van der Waals surface area contributed by atoms with Crippen molar-refractivity contribution in [2.45, 2.75) is 18.5 Å². The van der Waals surface area contributed by atoms with Crippen LogP contribution in [0.4, 0.5) is 0 Å². The molecule has 4 heteroatoms. The van der Waals surface area contributed by atoms with Gasteiger partial charge in [0.25, 0.3) is 0 Å². The van der Waals surface area contributed by atoms with Crippen molar-refractivity contribution in [2.24, 2.45) is 0 Å². The third-order valence-corrected chi connectivity index (χ3v) is 3.53. The van der Waals surface area contributed by atoms with Crippen LogP contribution in [0.1, 0.15) is 23.2 Å². The zero-order chi connectivity index (χ0) is 13.9. The van der Waals surface area contributed by atoms with Crippen molar-refractivity contribution in [3.63, 3.8) is 0 Å². The van der Waals surface area contributed by atoms with Gasteiger partial charge in [-0.1, -0.05) is 60.7 Å². The number of hydrogen-bond donors (Lipinski definition) is 0. The van der Waals surface area contributed by atoms with E-state index in [9.17, 15) is 0 Å². The summed E-state index contributed by atoms with van der Waals surface area (Å²) in [4.78, 5) is 0. The Bertz CT molecular complexity index is 436. The molecule has 0 heterocycles. The summed E-state index contributed by atoms with van der Waals surface area (Å²) < 4.78 is 0. The molecule has 2 unspecified atom stereocenters. The van der Waals surface area contributed by atoms with Crippen molar-refractivity contribution in [1.82, 2.24) is 0 Å². The Morgan fingerprint density at radius 2 is 1.37 bits per heavy atom. The van der Waals surface area contributed by atoms with Gasteiger partial charge in [0.2, 0.25) is 0 Å². The maximum absolute atomic E-state index is 4.70. The van der Waals surface area contributed by atoms with Crippen molar-refractivity contribution < 1.29 is 12.7 Å². The molecule has 2 aromatic carbocycles. The van der Waals surface area contributed by atoms with Crippen molar-refractivity contribution in [3.05, 3.63) is 71.8 Å². The first-order chi connectivity index (χ1) is 9.27. The zero-order valence-corrected chi connectivity index (χ0v) is 14.1. The second kappa shape index (κ2) is 10.7. The number of halogens is 2. The molecule has 0 aliphatic heterocycles. The van der Waals surface area contributed by atoms with Gasteiger partial charge in [-0.2, -0.15) is 0 Å². The molecule has 0 aliphatic carbocycles. The van der Waals surface area contributed by atoms with Gasteiger partial charge in [0, 0.05) is 0 Å². The molecule has 0 amide bonds. The standard InChI is InChI=1S/C15H17P.2ClH.Ni/c16-15(14-9-5-2-6-10-14)12-11-13-7-3-1-4-8-13;;;/h1-10,15H,11-12,16H2;2*1H;/q;;;+2/p-2. The van der Waals surface area contributed by atoms with Gasteiger partial charge in [-0.25, -0.2) is 0 Å². The minimum absolute atomic E-state index is 0.557. The van der Waals surface area contributed by atoms with Gasteiger partial charge in [0.05, 0.1) is 0 Å². The Hall–Kier alpha value is -0.0565. The maximum atomic E-state index is 4.70. The third-order valence-electron chi connectivity index (χ3n) is 2.81. The number of rotatable bonds is 4. The molecule has 0 aromatic heterocycles. The molecule has 0 fully saturated rings. The van der Waals surface area contributed by atoms with Gasteiger partial charge >= 0.3 is 33.0 Å². The molecule has 0 saturated heterocycles. The van der Waals surface area contributed by atoms with Crippen LogP contribution in [0.15, 0.2) is 60.7 Å². The Morgan fingerprint density at radius 1 is 0.895 bits per heavy atom. The van der Waals surface area contributed by atoms with Gasteiger partial charge in [-0.3, -0.25) is 0 Å². The van der Waals surface area contributed by atoms with Gasteiger partial charge in [-0.05, 0) is 29.6 Å². The SMILES string of the molecule is PC(CCc1ccccc1)c1ccccc1.[Cl][Ni][Cl]. The van der Waals surface area contributed by atoms with E-state index in [-0.39, 0.29) is 0 Å². The first-order valence-corrected chi connectivity index (χ1v) is 9.33. The summed E-state index contributed by atoms with van der Waals surface area (Å²) in [7, 11) is 12.3. The minimum atomic E-state index is 0.557. The third kappa shape index (κ3) is 7.33. The molecule has 0 aliphatic rings. The summed E-state index contributed by atoms with van der Waals surface area (Å²) in [5.41, 5.74) is 3.38. The molecule has 0 spiro atoms. The van der Waals surface area contributed by atoms with Crippen molar-refractivity contribution in [2.75, 3.05) is 0 Å². The average molecular weight is 358 g/mol. The summed E-state index contributed by atoms with van der Waals surface area (Å²) in [6.07, 6.45) is 2.32. The normalized spacial score (nSPS) is 11.5. The Balaban J connectivity index is 0.000000550. The summed E-state index contributed by atoms with van der Waals surface area (Å²) in [5.74, 6) is 0. The van der Waals surface area contributed by atoms with Crippen molar-refractivity contribution in [1.29, 1.82) is 0 Å². The molecule has 2 aromatic rings. The Kier molecular flexibility index (Phi) is 9.57. The average Bonchev–Trinajstić information content (AvgIpc) is 2.47. The molecule has 0 nitrogen and oxygen atoms in total. The predicted molar refractivity (Wildman–Crippen MR) is 85.4 cm³/mol. The van der Waals surface area contributed by atoms with E-state index in [0.717, 1.165) is 6.42 Å². The van der Waals surface area contributed by atoms with Gasteiger partial charge in [0.1, 0.15) is 0 Å². The number of hydrogen-bond acceptors (Lipinski definition) is 0. The molecule has 106 valence electrons. The van der Waals surface area contributed by atoms with Gasteiger partial charge < -0.3 is 0 Å². The number of benzene rings is 2. The van der Waals surface area contributed by atoms with Crippen LogP contribution in [0.25, 0.3) is 0 Å². The Morgan fingerprint density at radius 3 is 1.89 bits per heavy atom. The fourth-order valence-electron chi connectivity index (χ4n) is 1.83. The van der Waals surface area contributed by atoms with Crippen LogP contribution in [0.5, 0.6) is 0 Å².